The third-order valence-corrected chi connectivity index (χ3v) is 10.6. The van der Waals surface area contributed by atoms with Crippen molar-refractivity contribution < 1.29 is 39.0 Å². The van der Waals surface area contributed by atoms with E-state index in [1.165, 1.54) is 0 Å². The second-order valence-corrected chi connectivity index (χ2v) is 17.3. The maximum atomic E-state index is 14.0. The lowest BCUT2D eigenvalue weighted by molar-refractivity contribution is 0.0771. The van der Waals surface area contributed by atoms with Gasteiger partial charge in [0.05, 0.1) is 0 Å². The van der Waals surface area contributed by atoms with Gasteiger partial charge in [0.1, 0.15) is 11.5 Å². The van der Waals surface area contributed by atoms with Crippen LogP contribution in [0.4, 0.5) is 0 Å². The fourth-order valence-electron chi connectivity index (χ4n) is 7.63. The van der Waals surface area contributed by atoms with Gasteiger partial charge < -0.3 is 39.2 Å². The van der Waals surface area contributed by atoms with Crippen molar-refractivity contribution in [3.05, 3.63) is 159 Å². The number of benzene rings is 5. The van der Waals surface area contributed by atoms with E-state index in [1.54, 1.807) is 48.2 Å². The smallest absolute Gasteiger partial charge is 0.504 e. The van der Waals surface area contributed by atoms with Crippen LogP contribution in [0.1, 0.15) is 86.0 Å². The fourth-order valence-corrected chi connectivity index (χ4v) is 7.63. The van der Waals surface area contributed by atoms with Crippen LogP contribution in [-0.4, -0.2) is 102 Å². The van der Waals surface area contributed by atoms with Crippen LogP contribution in [0.2, 0.25) is 0 Å². The monoisotopic (exact) mass is 840 g/mol. The van der Waals surface area contributed by atoms with Gasteiger partial charge in [-0.2, -0.15) is 0 Å². The van der Waals surface area contributed by atoms with E-state index in [-0.39, 0.29) is 11.8 Å². The maximum Gasteiger partial charge on any atom is 0.504 e. The SMILES string of the molecule is Cc1cc(CN(C)Cc2ccc(CN(C)C(=O)c3ccc(C(=O)N(C)Cc4ccc(CN(C)Cc5cc(OBO)cc(OBO)c5)cc4)cc3C(C)(C)C)cc2)cc(B(O)O)c1. The first-order valence-electron chi connectivity index (χ1n) is 20.7. The maximum absolute atomic E-state index is 14.0. The molecule has 4 N–H and O–H groups in total. The third kappa shape index (κ3) is 13.5. The van der Waals surface area contributed by atoms with Gasteiger partial charge >= 0.3 is 22.5 Å². The number of hydrogen-bond acceptors (Lipinski definition) is 10. The Labute approximate surface area is 368 Å². The Morgan fingerprint density at radius 2 is 1.00 bits per heavy atom. The van der Waals surface area contributed by atoms with E-state index in [9.17, 15) is 29.7 Å². The van der Waals surface area contributed by atoms with Crippen molar-refractivity contribution in [2.24, 2.45) is 0 Å². The predicted molar refractivity (Wildman–Crippen MR) is 247 cm³/mol. The molecule has 5 aromatic carbocycles. The van der Waals surface area contributed by atoms with E-state index in [0.29, 0.717) is 67.4 Å². The lowest BCUT2D eigenvalue weighted by atomic mass is 9.78. The molecule has 62 heavy (non-hydrogen) atoms. The molecule has 2 amide bonds. The number of amides is 2. The Morgan fingerprint density at radius 3 is 1.45 bits per heavy atom. The van der Waals surface area contributed by atoms with Crippen molar-refractivity contribution in [3.8, 4) is 11.5 Å². The van der Waals surface area contributed by atoms with Gasteiger partial charge in [0.15, 0.2) is 0 Å². The van der Waals surface area contributed by atoms with E-state index >= 15 is 0 Å². The molecule has 324 valence electrons. The minimum absolute atomic E-state index is 0.118. The largest absolute Gasteiger partial charge is 0.539 e. The molecule has 0 aromatic heterocycles. The Balaban J connectivity index is 1.17. The average Bonchev–Trinajstić information content (AvgIpc) is 3.21. The molecule has 0 unspecified atom stereocenters. The molecule has 12 nitrogen and oxygen atoms in total. The van der Waals surface area contributed by atoms with Crippen LogP contribution in [0.15, 0.2) is 103 Å². The quantitative estimate of drug-likeness (QED) is 0.0900. The van der Waals surface area contributed by atoms with E-state index in [4.69, 9.17) is 9.31 Å². The number of nitrogens with zero attached hydrogens (tertiary/aromatic N) is 4. The molecule has 0 aliphatic rings. The zero-order valence-corrected chi connectivity index (χ0v) is 37.3. The molecule has 0 fully saturated rings. The second-order valence-electron chi connectivity index (χ2n) is 17.3. The number of carbonyl (C=O) groups excluding carboxylic acids is 2. The topological polar surface area (TPSA) is 146 Å². The summed E-state index contributed by atoms with van der Waals surface area (Å²) in [7, 11) is 5.16. The van der Waals surface area contributed by atoms with Crippen LogP contribution in [-0.2, 0) is 44.7 Å². The Bertz CT molecular complexity index is 2260. The summed E-state index contributed by atoms with van der Waals surface area (Å²) in [6, 6.07) is 32.6. The molecule has 0 radical (unpaired) electrons. The van der Waals surface area contributed by atoms with Crippen LogP contribution < -0.4 is 14.8 Å². The molecule has 0 aliphatic heterocycles. The van der Waals surface area contributed by atoms with E-state index < -0.39 is 27.9 Å². The van der Waals surface area contributed by atoms with Crippen molar-refractivity contribution in [1.82, 2.24) is 19.6 Å². The highest BCUT2D eigenvalue weighted by Gasteiger charge is 2.26. The first kappa shape index (κ1) is 47.6. The highest BCUT2D eigenvalue weighted by molar-refractivity contribution is 6.58. The zero-order valence-electron chi connectivity index (χ0n) is 37.3. The molecule has 0 atom stereocenters. The lowest BCUT2D eigenvalue weighted by Crippen LogP contribution is -2.31. The Hall–Kier alpha value is -5.41. The fraction of sp³-hybridized carbons (Fsp3) is 0.319. The Kier molecular flexibility index (Phi) is 16.6. The van der Waals surface area contributed by atoms with Crippen molar-refractivity contribution >= 4 is 39.8 Å². The van der Waals surface area contributed by atoms with E-state index in [1.807, 2.05) is 109 Å². The van der Waals surface area contributed by atoms with Gasteiger partial charge in [0.2, 0.25) is 0 Å². The number of rotatable bonds is 19. The number of aryl methyl sites for hydroxylation is 1. The second kappa shape index (κ2) is 21.6. The molecule has 0 heterocycles. The van der Waals surface area contributed by atoms with E-state index in [2.05, 4.69) is 21.9 Å². The summed E-state index contributed by atoms with van der Waals surface area (Å²) >= 11 is 0. The summed E-state index contributed by atoms with van der Waals surface area (Å²) in [5, 5.41) is 37.6. The van der Waals surface area contributed by atoms with Gasteiger partial charge in [-0.05, 0) is 101 Å². The third-order valence-electron chi connectivity index (χ3n) is 10.6. The van der Waals surface area contributed by atoms with Crippen molar-refractivity contribution in [3.63, 3.8) is 0 Å². The van der Waals surface area contributed by atoms with Crippen LogP contribution >= 0.6 is 0 Å². The van der Waals surface area contributed by atoms with Crippen LogP contribution in [0.3, 0.4) is 0 Å². The van der Waals surface area contributed by atoms with Gasteiger partial charge in [-0.1, -0.05) is 93.1 Å². The standard InChI is InChI=1S/C47H59B3N4O8/c1-32-19-37(21-40(20-32)50(59)60)28-51(5)26-33-11-15-36(16-12-33)31-54(8)46(56)43-18-17-39(24-44(43)47(2,3)4)45(55)53(7)30-35-13-9-34(10-14-35)27-52(6)29-38-22-41(61-48-57)25-42(23-38)62-49-58/h9-25,48-49,57-60H,26-31H2,1-8H3. The normalized spacial score (nSPS) is 11.4. The first-order chi connectivity index (χ1) is 29.4. The molecule has 0 saturated heterocycles. The summed E-state index contributed by atoms with van der Waals surface area (Å²) in [6.45, 7) is 11.5. The van der Waals surface area contributed by atoms with Crippen molar-refractivity contribution in [2.45, 2.75) is 72.4 Å². The minimum Gasteiger partial charge on any atom is -0.539 e. The van der Waals surface area contributed by atoms with Gasteiger partial charge in [-0.25, -0.2) is 0 Å². The molecular formula is C47H59B3N4O8. The highest BCUT2D eigenvalue weighted by Crippen LogP contribution is 2.29. The summed E-state index contributed by atoms with van der Waals surface area (Å²) in [4.78, 5) is 35.5. The molecule has 0 aliphatic carbocycles. The first-order valence-corrected chi connectivity index (χ1v) is 20.7. The zero-order chi connectivity index (χ0) is 45.1. The highest BCUT2D eigenvalue weighted by atomic mass is 16.5. The summed E-state index contributed by atoms with van der Waals surface area (Å²) in [5.41, 5.74) is 9.06. The molecule has 15 heteroatoms. The van der Waals surface area contributed by atoms with Gasteiger partial charge in [-0.3, -0.25) is 19.4 Å². The Morgan fingerprint density at radius 1 is 0.565 bits per heavy atom. The van der Waals surface area contributed by atoms with Crippen LogP contribution in [0.5, 0.6) is 11.5 Å². The van der Waals surface area contributed by atoms with Crippen molar-refractivity contribution in [1.29, 1.82) is 0 Å². The molecule has 5 rings (SSSR count). The summed E-state index contributed by atoms with van der Waals surface area (Å²) in [6.07, 6.45) is 0. The van der Waals surface area contributed by atoms with E-state index in [0.717, 1.165) is 44.5 Å². The predicted octanol–water partition coefficient (Wildman–Crippen LogP) is 4.06. The molecular weight excluding hydrogens is 781 g/mol. The van der Waals surface area contributed by atoms with Crippen LogP contribution in [0, 0.1) is 6.92 Å². The molecule has 5 aromatic rings. The lowest BCUT2D eigenvalue weighted by Gasteiger charge is -2.27. The van der Waals surface area contributed by atoms with Crippen molar-refractivity contribution in [2.75, 3.05) is 28.2 Å². The summed E-state index contributed by atoms with van der Waals surface area (Å²) in [5.74, 6) is 0.643. The van der Waals surface area contributed by atoms with Gasteiger partial charge in [0, 0.05) is 70.6 Å². The molecule has 0 saturated carbocycles. The molecule has 0 bridgehead atoms. The number of carbonyl (C=O) groups is 2. The number of hydrogen-bond donors (Lipinski definition) is 4. The van der Waals surface area contributed by atoms with Gasteiger partial charge in [-0.15, -0.1) is 0 Å². The molecule has 0 spiro atoms. The van der Waals surface area contributed by atoms with Gasteiger partial charge in [0.25, 0.3) is 11.8 Å². The minimum atomic E-state index is -1.50. The summed E-state index contributed by atoms with van der Waals surface area (Å²) < 4.78 is 10.5. The van der Waals surface area contributed by atoms with Crippen LogP contribution in [0.25, 0.3) is 0 Å². The average molecular weight is 840 g/mol.